The Morgan fingerprint density at radius 3 is 2.60 bits per heavy atom. The first-order valence-electron chi connectivity index (χ1n) is 9.23. The van der Waals surface area contributed by atoms with Gasteiger partial charge in [-0.15, -0.1) is 10.2 Å². The molecule has 2 aromatic carbocycles. The van der Waals surface area contributed by atoms with Gasteiger partial charge in [0.1, 0.15) is 5.58 Å². The van der Waals surface area contributed by atoms with Crippen molar-refractivity contribution in [3.8, 4) is 11.6 Å². The maximum Gasteiger partial charge on any atom is 0.335 e. The van der Waals surface area contributed by atoms with Crippen LogP contribution in [-0.4, -0.2) is 37.5 Å². The smallest absolute Gasteiger partial charge is 0.335 e. The number of carbonyl (C=O) groups is 2. The molecule has 0 aliphatic rings. The number of amides is 1. The van der Waals surface area contributed by atoms with E-state index < -0.39 is 5.97 Å². The number of aromatic carboxylic acids is 1. The van der Waals surface area contributed by atoms with Crippen molar-refractivity contribution in [1.82, 2.24) is 14.8 Å². The minimum Gasteiger partial charge on any atom is -0.478 e. The summed E-state index contributed by atoms with van der Waals surface area (Å²) in [5, 5.41) is 21.7. The summed E-state index contributed by atoms with van der Waals surface area (Å²) in [4.78, 5) is 23.2. The molecule has 2 heterocycles. The number of rotatable bonds is 7. The maximum absolute atomic E-state index is 12.3. The number of carboxylic acid groups (broad SMARTS) is 1. The average molecular weight is 422 g/mol. The number of carbonyl (C=O) groups excluding carboxylic acids is 1. The molecule has 0 unspecified atom stereocenters. The molecule has 2 N–H and O–H groups in total. The van der Waals surface area contributed by atoms with Crippen LogP contribution in [0.2, 0.25) is 0 Å². The molecule has 8 nitrogen and oxygen atoms in total. The molecular weight excluding hydrogens is 404 g/mol. The first kappa shape index (κ1) is 19.7. The highest BCUT2D eigenvalue weighted by Crippen LogP contribution is 2.29. The lowest BCUT2D eigenvalue weighted by molar-refractivity contribution is -0.113. The largest absolute Gasteiger partial charge is 0.478 e. The van der Waals surface area contributed by atoms with Gasteiger partial charge in [0.15, 0.2) is 10.9 Å². The highest BCUT2D eigenvalue weighted by atomic mass is 32.2. The second-order valence-electron chi connectivity index (χ2n) is 6.42. The third-order valence-corrected chi connectivity index (χ3v) is 5.39. The van der Waals surface area contributed by atoms with Crippen molar-refractivity contribution in [1.29, 1.82) is 0 Å². The van der Waals surface area contributed by atoms with Crippen LogP contribution in [0.15, 0.2) is 64.2 Å². The number of carboxylic acids is 1. The lowest BCUT2D eigenvalue weighted by Gasteiger charge is -2.07. The number of nitrogens with one attached hydrogen (secondary N) is 1. The van der Waals surface area contributed by atoms with Gasteiger partial charge >= 0.3 is 5.97 Å². The van der Waals surface area contributed by atoms with Crippen molar-refractivity contribution < 1.29 is 19.1 Å². The van der Waals surface area contributed by atoms with E-state index in [0.717, 1.165) is 11.0 Å². The summed E-state index contributed by atoms with van der Waals surface area (Å²) in [5.74, 6) is 0.140. The Morgan fingerprint density at radius 1 is 1.13 bits per heavy atom. The van der Waals surface area contributed by atoms with Crippen LogP contribution >= 0.6 is 11.8 Å². The van der Waals surface area contributed by atoms with Gasteiger partial charge in [-0.05, 0) is 43.3 Å². The van der Waals surface area contributed by atoms with E-state index in [1.807, 2.05) is 41.8 Å². The predicted molar refractivity (Wildman–Crippen MR) is 114 cm³/mol. The molecule has 0 saturated carbocycles. The molecule has 30 heavy (non-hydrogen) atoms. The molecule has 1 amide bonds. The zero-order valence-corrected chi connectivity index (χ0v) is 16.8. The van der Waals surface area contributed by atoms with E-state index in [2.05, 4.69) is 15.5 Å². The molecule has 0 atom stereocenters. The Bertz CT molecular complexity index is 1180. The van der Waals surface area contributed by atoms with Crippen molar-refractivity contribution >= 4 is 40.3 Å². The third-order valence-electron chi connectivity index (χ3n) is 4.43. The van der Waals surface area contributed by atoms with Crippen molar-refractivity contribution in [3.63, 3.8) is 0 Å². The monoisotopic (exact) mass is 422 g/mol. The van der Waals surface area contributed by atoms with Gasteiger partial charge in [-0.1, -0.05) is 30.0 Å². The fourth-order valence-corrected chi connectivity index (χ4v) is 3.78. The van der Waals surface area contributed by atoms with Crippen molar-refractivity contribution in [3.05, 3.63) is 60.2 Å². The fourth-order valence-electron chi connectivity index (χ4n) is 2.98. The van der Waals surface area contributed by atoms with Gasteiger partial charge in [0.25, 0.3) is 0 Å². The topological polar surface area (TPSA) is 110 Å². The number of anilines is 1. The first-order valence-corrected chi connectivity index (χ1v) is 10.2. The average Bonchev–Trinajstić information content (AvgIpc) is 3.36. The number of furan rings is 1. The van der Waals surface area contributed by atoms with Crippen LogP contribution in [0.1, 0.15) is 17.3 Å². The highest BCUT2D eigenvalue weighted by Gasteiger charge is 2.18. The quantitative estimate of drug-likeness (QED) is 0.431. The normalized spacial score (nSPS) is 11.0. The summed E-state index contributed by atoms with van der Waals surface area (Å²) in [6, 6.07) is 15.6. The highest BCUT2D eigenvalue weighted by molar-refractivity contribution is 7.99. The minimum atomic E-state index is -1.01. The third kappa shape index (κ3) is 4.06. The first-order chi connectivity index (χ1) is 14.5. The molecule has 0 aliphatic heterocycles. The van der Waals surface area contributed by atoms with Crippen LogP contribution in [0.3, 0.4) is 0 Å². The molecule has 0 radical (unpaired) electrons. The second kappa shape index (κ2) is 8.42. The molecule has 0 spiro atoms. The Labute approximate surface area is 175 Å². The molecule has 9 heteroatoms. The second-order valence-corrected chi connectivity index (χ2v) is 7.36. The van der Waals surface area contributed by atoms with Gasteiger partial charge in [0.05, 0.1) is 11.3 Å². The van der Waals surface area contributed by atoms with Crippen LogP contribution in [0.5, 0.6) is 0 Å². The van der Waals surface area contributed by atoms with Crippen LogP contribution < -0.4 is 5.32 Å². The lowest BCUT2D eigenvalue weighted by Crippen LogP contribution is -2.14. The molecule has 0 saturated heterocycles. The molecule has 2 aromatic heterocycles. The van der Waals surface area contributed by atoms with E-state index in [9.17, 15) is 9.59 Å². The lowest BCUT2D eigenvalue weighted by atomic mass is 10.2. The number of para-hydroxylation sites is 1. The molecule has 152 valence electrons. The van der Waals surface area contributed by atoms with E-state index in [1.165, 1.54) is 23.9 Å². The van der Waals surface area contributed by atoms with E-state index >= 15 is 0 Å². The number of hydrogen-bond donors (Lipinski definition) is 2. The Balaban J connectivity index is 1.44. The summed E-state index contributed by atoms with van der Waals surface area (Å²) in [6.07, 6.45) is 0. The number of benzene rings is 2. The minimum absolute atomic E-state index is 0.138. The van der Waals surface area contributed by atoms with Crippen LogP contribution in [0.25, 0.3) is 22.6 Å². The van der Waals surface area contributed by atoms with Gasteiger partial charge in [-0.25, -0.2) is 4.79 Å². The van der Waals surface area contributed by atoms with Crippen LogP contribution in [0, 0.1) is 0 Å². The van der Waals surface area contributed by atoms with Gasteiger partial charge < -0.3 is 14.8 Å². The van der Waals surface area contributed by atoms with Gasteiger partial charge in [0.2, 0.25) is 11.7 Å². The van der Waals surface area contributed by atoms with Crippen LogP contribution in [0.4, 0.5) is 5.69 Å². The number of nitrogens with zero attached hydrogens (tertiary/aromatic N) is 3. The van der Waals surface area contributed by atoms with E-state index in [-0.39, 0.29) is 17.2 Å². The Morgan fingerprint density at radius 2 is 1.90 bits per heavy atom. The van der Waals surface area contributed by atoms with Crippen LogP contribution in [-0.2, 0) is 11.3 Å². The fraction of sp³-hybridized carbons (Fsp3) is 0.143. The summed E-state index contributed by atoms with van der Waals surface area (Å²) < 4.78 is 7.79. The summed E-state index contributed by atoms with van der Waals surface area (Å²) in [7, 11) is 0. The standard InChI is InChI=1S/C21H18N4O4S/c1-2-25-19(17-11-14-5-3-4-6-16(14)29-17)23-24-21(25)30-12-18(26)22-15-9-7-13(8-10-15)20(27)28/h3-11H,2,12H2,1H3,(H,22,26)(H,27,28). The van der Waals surface area contributed by atoms with E-state index in [4.69, 9.17) is 9.52 Å². The SMILES string of the molecule is CCn1c(SCC(=O)Nc2ccc(C(=O)O)cc2)nnc1-c1cc2ccccc2o1. The van der Waals surface area contributed by atoms with E-state index in [0.29, 0.717) is 29.0 Å². The van der Waals surface area contributed by atoms with Crippen molar-refractivity contribution in [2.75, 3.05) is 11.1 Å². The summed E-state index contributed by atoms with van der Waals surface area (Å²) in [5.41, 5.74) is 1.47. The molecular formula is C21H18N4O4S. The zero-order valence-electron chi connectivity index (χ0n) is 16.0. The van der Waals surface area contributed by atoms with Gasteiger partial charge in [-0.2, -0.15) is 0 Å². The molecule has 0 fully saturated rings. The number of thioether (sulfide) groups is 1. The zero-order chi connectivity index (χ0) is 21.1. The predicted octanol–water partition coefficient (Wildman–Crippen LogP) is 4.14. The molecule has 4 aromatic rings. The molecule has 0 bridgehead atoms. The number of fused-ring (bicyclic) bond motifs is 1. The summed E-state index contributed by atoms with van der Waals surface area (Å²) >= 11 is 1.27. The van der Waals surface area contributed by atoms with Gasteiger partial charge in [0, 0.05) is 17.6 Å². The van der Waals surface area contributed by atoms with Crippen molar-refractivity contribution in [2.24, 2.45) is 0 Å². The number of hydrogen-bond acceptors (Lipinski definition) is 6. The molecule has 4 rings (SSSR count). The number of aromatic nitrogens is 3. The Hall–Kier alpha value is -3.59. The van der Waals surface area contributed by atoms with Crippen molar-refractivity contribution in [2.45, 2.75) is 18.6 Å². The summed E-state index contributed by atoms with van der Waals surface area (Å²) in [6.45, 7) is 2.60. The Kier molecular flexibility index (Phi) is 5.53. The molecule has 0 aliphatic carbocycles. The van der Waals surface area contributed by atoms with Gasteiger partial charge in [-0.3, -0.25) is 9.36 Å². The maximum atomic E-state index is 12.3. The van der Waals surface area contributed by atoms with E-state index in [1.54, 1.807) is 12.1 Å².